The Hall–Kier alpha value is -2.50. The van der Waals surface area contributed by atoms with E-state index in [2.05, 4.69) is 16.4 Å². The summed E-state index contributed by atoms with van der Waals surface area (Å²) in [5.74, 6) is -0.277. The number of rotatable bonds is 4. The van der Waals surface area contributed by atoms with Crippen molar-refractivity contribution in [1.82, 2.24) is 0 Å². The van der Waals surface area contributed by atoms with Crippen LogP contribution in [0.5, 0.6) is 0 Å². The minimum atomic E-state index is -0.687. The highest BCUT2D eigenvalue weighted by molar-refractivity contribution is 6.06. The molecule has 1 aliphatic heterocycles. The van der Waals surface area contributed by atoms with Crippen LogP contribution in [0.1, 0.15) is 11.1 Å². The van der Waals surface area contributed by atoms with E-state index in [0.29, 0.717) is 5.69 Å². The number of fused-ring (bicyclic) bond motifs is 1. The van der Waals surface area contributed by atoms with Gasteiger partial charge in [0, 0.05) is 18.7 Å². The van der Waals surface area contributed by atoms with Crippen LogP contribution in [-0.2, 0) is 11.2 Å². The molecule has 22 heavy (non-hydrogen) atoms. The molecule has 0 radical (unpaired) electrons. The van der Waals surface area contributed by atoms with Crippen molar-refractivity contribution >= 4 is 23.0 Å². The lowest BCUT2D eigenvalue weighted by Crippen LogP contribution is -2.41. The average Bonchev–Trinajstić information content (AvgIpc) is 2.98. The highest BCUT2D eigenvalue weighted by Crippen LogP contribution is 2.28. The van der Waals surface area contributed by atoms with Crippen LogP contribution in [0.15, 0.2) is 53.5 Å². The molecule has 5 heteroatoms. The molecule has 0 saturated carbocycles. The minimum absolute atomic E-state index is 0.124. The van der Waals surface area contributed by atoms with Crippen molar-refractivity contribution < 1.29 is 4.79 Å². The molecule has 1 aliphatic rings. The number of nitrogens with zero attached hydrogens (tertiary/aromatic N) is 1. The molecule has 1 heterocycles. The standard InChI is InChI=1S/C17H18N4O/c18-10-14(19)17(22)20-13-7-5-11(6-8-13)16-9-12-3-1-2-4-15(12)21-16/h1-8,14H,9-10,18-19H2,(H,20,22). The van der Waals surface area contributed by atoms with Gasteiger partial charge >= 0.3 is 0 Å². The topological polar surface area (TPSA) is 93.5 Å². The summed E-state index contributed by atoms with van der Waals surface area (Å²) < 4.78 is 0. The number of hydrogen-bond donors (Lipinski definition) is 3. The van der Waals surface area contributed by atoms with Crippen molar-refractivity contribution in [1.29, 1.82) is 0 Å². The van der Waals surface area contributed by atoms with Gasteiger partial charge in [-0.2, -0.15) is 0 Å². The van der Waals surface area contributed by atoms with Crippen molar-refractivity contribution in [2.75, 3.05) is 11.9 Å². The number of aliphatic imine (C=N–C) groups is 1. The molecule has 2 aromatic rings. The van der Waals surface area contributed by atoms with Gasteiger partial charge in [-0.3, -0.25) is 9.79 Å². The van der Waals surface area contributed by atoms with E-state index < -0.39 is 6.04 Å². The number of carbonyl (C=O) groups excluding carboxylic acids is 1. The summed E-state index contributed by atoms with van der Waals surface area (Å²) in [5.41, 5.74) is 16.0. The lowest BCUT2D eigenvalue weighted by molar-refractivity contribution is -0.117. The highest BCUT2D eigenvalue weighted by Gasteiger charge is 2.16. The first-order valence-electron chi connectivity index (χ1n) is 7.20. The lowest BCUT2D eigenvalue weighted by Gasteiger charge is -2.10. The van der Waals surface area contributed by atoms with Crippen molar-refractivity contribution in [3.05, 3.63) is 59.7 Å². The molecule has 112 valence electrons. The van der Waals surface area contributed by atoms with Crippen LogP contribution in [0.2, 0.25) is 0 Å². The summed E-state index contributed by atoms with van der Waals surface area (Å²) in [6.07, 6.45) is 0.833. The molecule has 0 spiro atoms. The summed E-state index contributed by atoms with van der Waals surface area (Å²) in [5, 5.41) is 2.74. The van der Waals surface area contributed by atoms with Crippen LogP contribution in [-0.4, -0.2) is 24.2 Å². The van der Waals surface area contributed by atoms with Crippen molar-refractivity contribution in [3.8, 4) is 0 Å². The number of benzene rings is 2. The monoisotopic (exact) mass is 294 g/mol. The third-order valence-electron chi connectivity index (χ3n) is 3.68. The predicted molar refractivity (Wildman–Crippen MR) is 88.4 cm³/mol. The molecule has 5 nitrogen and oxygen atoms in total. The van der Waals surface area contributed by atoms with Gasteiger partial charge in [0.2, 0.25) is 5.91 Å². The number of carbonyl (C=O) groups is 1. The molecule has 1 amide bonds. The van der Waals surface area contributed by atoms with Crippen LogP contribution >= 0.6 is 0 Å². The molecule has 0 saturated heterocycles. The van der Waals surface area contributed by atoms with Gasteiger partial charge in [-0.1, -0.05) is 30.3 Å². The predicted octanol–water partition coefficient (Wildman–Crippen LogP) is 1.59. The molecular weight excluding hydrogens is 276 g/mol. The summed E-state index contributed by atoms with van der Waals surface area (Å²) in [6, 6.07) is 15.0. The van der Waals surface area contributed by atoms with Gasteiger partial charge in [0.15, 0.2) is 0 Å². The third-order valence-corrected chi connectivity index (χ3v) is 3.68. The van der Waals surface area contributed by atoms with Crippen molar-refractivity contribution in [3.63, 3.8) is 0 Å². The summed E-state index contributed by atoms with van der Waals surface area (Å²) >= 11 is 0. The fourth-order valence-electron chi connectivity index (χ4n) is 2.39. The van der Waals surface area contributed by atoms with E-state index in [-0.39, 0.29) is 12.5 Å². The smallest absolute Gasteiger partial charge is 0.242 e. The maximum atomic E-state index is 11.7. The van der Waals surface area contributed by atoms with Gasteiger partial charge in [0.1, 0.15) is 0 Å². The second-order valence-electron chi connectivity index (χ2n) is 5.27. The first-order chi connectivity index (χ1) is 10.7. The number of anilines is 1. The SMILES string of the molecule is NCC(N)C(=O)Nc1ccc(C2=Nc3ccccc3C2)cc1. The number of para-hydroxylation sites is 1. The van der Waals surface area contributed by atoms with E-state index in [4.69, 9.17) is 11.5 Å². The zero-order valence-electron chi connectivity index (χ0n) is 12.1. The maximum Gasteiger partial charge on any atom is 0.242 e. The van der Waals surface area contributed by atoms with E-state index in [0.717, 1.165) is 23.4 Å². The van der Waals surface area contributed by atoms with Crippen LogP contribution in [0.4, 0.5) is 11.4 Å². The van der Waals surface area contributed by atoms with Crippen LogP contribution < -0.4 is 16.8 Å². The quantitative estimate of drug-likeness (QED) is 0.799. The number of nitrogens with one attached hydrogen (secondary N) is 1. The Kier molecular flexibility index (Phi) is 4.00. The molecule has 2 aromatic carbocycles. The van der Waals surface area contributed by atoms with Gasteiger partial charge < -0.3 is 16.8 Å². The summed E-state index contributed by atoms with van der Waals surface area (Å²) in [4.78, 5) is 16.3. The van der Waals surface area contributed by atoms with Crippen LogP contribution in [0, 0.1) is 0 Å². The minimum Gasteiger partial charge on any atom is -0.328 e. The van der Waals surface area contributed by atoms with E-state index in [1.807, 2.05) is 42.5 Å². The van der Waals surface area contributed by atoms with Gasteiger partial charge in [0.05, 0.1) is 17.4 Å². The third kappa shape index (κ3) is 2.90. The summed E-state index contributed by atoms with van der Waals surface area (Å²) in [6.45, 7) is 0.124. The van der Waals surface area contributed by atoms with Gasteiger partial charge in [-0.15, -0.1) is 0 Å². The average molecular weight is 294 g/mol. The number of amides is 1. The number of nitrogens with two attached hydrogens (primary N) is 2. The van der Waals surface area contributed by atoms with Crippen molar-refractivity contribution in [2.45, 2.75) is 12.5 Å². The fourth-order valence-corrected chi connectivity index (χ4v) is 2.39. The summed E-state index contributed by atoms with van der Waals surface area (Å²) in [7, 11) is 0. The van der Waals surface area contributed by atoms with Gasteiger partial charge in [0.25, 0.3) is 0 Å². The molecule has 1 unspecified atom stereocenters. The Bertz CT molecular complexity index is 722. The normalized spacial score (nSPS) is 14.2. The zero-order chi connectivity index (χ0) is 15.5. The maximum absolute atomic E-state index is 11.7. The second kappa shape index (κ2) is 6.09. The largest absolute Gasteiger partial charge is 0.328 e. The Labute approximate surface area is 129 Å². The second-order valence-corrected chi connectivity index (χ2v) is 5.27. The Balaban J connectivity index is 1.72. The molecule has 0 aliphatic carbocycles. The zero-order valence-corrected chi connectivity index (χ0v) is 12.1. The fraction of sp³-hybridized carbons (Fsp3) is 0.176. The first kappa shape index (κ1) is 14.4. The van der Waals surface area contributed by atoms with Crippen LogP contribution in [0.25, 0.3) is 0 Å². The van der Waals surface area contributed by atoms with Gasteiger partial charge in [-0.25, -0.2) is 0 Å². The van der Waals surface area contributed by atoms with E-state index in [9.17, 15) is 4.79 Å². The Morgan fingerprint density at radius 2 is 1.91 bits per heavy atom. The van der Waals surface area contributed by atoms with E-state index in [1.54, 1.807) is 0 Å². The molecule has 0 aromatic heterocycles. The number of hydrogen-bond acceptors (Lipinski definition) is 4. The van der Waals surface area contributed by atoms with Crippen molar-refractivity contribution in [2.24, 2.45) is 16.5 Å². The molecule has 0 fully saturated rings. The van der Waals surface area contributed by atoms with Gasteiger partial charge in [-0.05, 0) is 29.3 Å². The highest BCUT2D eigenvalue weighted by atomic mass is 16.2. The van der Waals surface area contributed by atoms with Crippen LogP contribution in [0.3, 0.4) is 0 Å². The Morgan fingerprint density at radius 1 is 1.18 bits per heavy atom. The Morgan fingerprint density at radius 3 is 2.59 bits per heavy atom. The molecule has 0 bridgehead atoms. The van der Waals surface area contributed by atoms with E-state index >= 15 is 0 Å². The first-order valence-corrected chi connectivity index (χ1v) is 7.20. The molecular formula is C17H18N4O. The molecule has 1 atom stereocenters. The van der Waals surface area contributed by atoms with E-state index in [1.165, 1.54) is 5.56 Å². The molecule has 5 N–H and O–H groups in total. The molecule has 3 rings (SSSR count). The lowest BCUT2D eigenvalue weighted by atomic mass is 10.0.